The molecule has 10 heteroatoms. The molecule has 3 heterocycles. The summed E-state index contributed by atoms with van der Waals surface area (Å²) in [5.74, 6) is -0.545. The summed E-state index contributed by atoms with van der Waals surface area (Å²) in [5, 5.41) is 19.9. The zero-order chi connectivity index (χ0) is 26.4. The van der Waals surface area contributed by atoms with Gasteiger partial charge in [0.2, 0.25) is 12.3 Å². The van der Waals surface area contributed by atoms with Gasteiger partial charge in [-0.25, -0.2) is 9.67 Å². The summed E-state index contributed by atoms with van der Waals surface area (Å²) in [6, 6.07) is 1.84. The molecule has 0 aliphatic carbocycles. The van der Waals surface area contributed by atoms with Crippen molar-refractivity contribution in [2.24, 2.45) is 0 Å². The Morgan fingerprint density at radius 3 is 2.61 bits per heavy atom. The fourth-order valence-electron chi connectivity index (χ4n) is 4.01. The van der Waals surface area contributed by atoms with E-state index in [0.717, 1.165) is 22.4 Å². The van der Waals surface area contributed by atoms with Crippen LogP contribution in [-0.2, 0) is 9.59 Å². The van der Waals surface area contributed by atoms with E-state index in [-0.39, 0.29) is 17.9 Å². The van der Waals surface area contributed by atoms with Gasteiger partial charge >= 0.3 is 0 Å². The fourth-order valence-corrected chi connectivity index (χ4v) is 4.01. The maximum Gasteiger partial charge on any atom is 0.252 e. The van der Waals surface area contributed by atoms with Crippen molar-refractivity contribution in [3.63, 3.8) is 0 Å². The van der Waals surface area contributed by atoms with Gasteiger partial charge in [-0.2, -0.15) is 5.10 Å². The van der Waals surface area contributed by atoms with E-state index in [9.17, 15) is 14.4 Å². The highest BCUT2D eigenvalue weighted by Crippen LogP contribution is 2.27. The third kappa shape index (κ3) is 6.06. The second kappa shape index (κ2) is 11.8. The smallest absolute Gasteiger partial charge is 0.252 e. The Kier molecular flexibility index (Phi) is 8.76. The lowest BCUT2D eigenvalue weighted by Gasteiger charge is -2.26. The molecule has 0 spiro atoms. The number of carbonyl (C=O) groups excluding carboxylic acids is 3. The Labute approximate surface area is 210 Å². The SMILES string of the molecule is C/C(=C/C(C)=C(\C)CNC(=O)c1cc(C2=CCN(C(=O)CO)CC2)nc2c1cnn2C(C)C)NC=O. The van der Waals surface area contributed by atoms with E-state index in [2.05, 4.69) is 15.7 Å². The molecule has 0 unspecified atom stereocenters. The predicted octanol–water partition coefficient (Wildman–Crippen LogP) is 2.34. The van der Waals surface area contributed by atoms with E-state index in [4.69, 9.17) is 10.1 Å². The van der Waals surface area contributed by atoms with Gasteiger partial charge in [0, 0.05) is 31.4 Å². The van der Waals surface area contributed by atoms with Gasteiger partial charge in [-0.15, -0.1) is 0 Å². The van der Waals surface area contributed by atoms with E-state index < -0.39 is 6.61 Å². The molecule has 36 heavy (non-hydrogen) atoms. The van der Waals surface area contributed by atoms with Crippen molar-refractivity contribution in [2.45, 2.75) is 47.1 Å². The lowest BCUT2D eigenvalue weighted by atomic mass is 10.0. The maximum absolute atomic E-state index is 13.3. The first-order chi connectivity index (χ1) is 17.2. The number of carbonyl (C=O) groups is 3. The zero-order valence-corrected chi connectivity index (χ0v) is 21.5. The van der Waals surface area contributed by atoms with Crippen LogP contribution in [0.25, 0.3) is 16.6 Å². The summed E-state index contributed by atoms with van der Waals surface area (Å²) < 4.78 is 1.80. The minimum atomic E-state index is -0.512. The Hall–Kier alpha value is -3.79. The Morgan fingerprint density at radius 2 is 2.00 bits per heavy atom. The molecule has 0 saturated carbocycles. The molecule has 0 radical (unpaired) electrons. The molecule has 10 nitrogen and oxygen atoms in total. The van der Waals surface area contributed by atoms with Crippen molar-refractivity contribution >= 4 is 34.8 Å². The fraction of sp³-hybridized carbons (Fsp3) is 0.423. The van der Waals surface area contributed by atoms with Crippen LogP contribution in [-0.4, -0.2) is 69.2 Å². The molecule has 0 atom stereocenters. The minimum absolute atomic E-state index is 0.0574. The van der Waals surface area contributed by atoms with Crippen molar-refractivity contribution in [1.29, 1.82) is 0 Å². The lowest BCUT2D eigenvalue weighted by Crippen LogP contribution is -2.36. The molecular formula is C26H34N6O4. The zero-order valence-electron chi connectivity index (χ0n) is 21.5. The molecule has 0 fully saturated rings. The topological polar surface area (TPSA) is 129 Å². The van der Waals surface area contributed by atoms with Crippen molar-refractivity contribution in [2.75, 3.05) is 26.2 Å². The van der Waals surface area contributed by atoms with Crippen molar-refractivity contribution < 1.29 is 19.5 Å². The molecule has 3 N–H and O–H groups in total. The monoisotopic (exact) mass is 494 g/mol. The number of rotatable bonds is 9. The molecule has 0 saturated heterocycles. The molecule has 1 aliphatic heterocycles. The average molecular weight is 495 g/mol. The Morgan fingerprint density at radius 1 is 1.25 bits per heavy atom. The Balaban J connectivity index is 1.93. The highest BCUT2D eigenvalue weighted by atomic mass is 16.3. The van der Waals surface area contributed by atoms with Crippen LogP contribution in [0.2, 0.25) is 0 Å². The van der Waals surface area contributed by atoms with Crippen molar-refractivity contribution in [3.05, 3.63) is 52.5 Å². The molecule has 1 aliphatic rings. The average Bonchev–Trinajstić information content (AvgIpc) is 3.30. The summed E-state index contributed by atoms with van der Waals surface area (Å²) in [4.78, 5) is 42.2. The number of nitrogens with zero attached hydrogens (tertiary/aromatic N) is 4. The van der Waals surface area contributed by atoms with Gasteiger partial charge in [0.05, 0.1) is 22.8 Å². The van der Waals surface area contributed by atoms with Crippen molar-refractivity contribution in [3.8, 4) is 0 Å². The van der Waals surface area contributed by atoms with E-state index in [0.29, 0.717) is 54.8 Å². The number of hydrogen-bond donors (Lipinski definition) is 3. The number of amides is 3. The van der Waals surface area contributed by atoms with Gasteiger partial charge in [0.15, 0.2) is 5.65 Å². The van der Waals surface area contributed by atoms with Gasteiger partial charge in [0.1, 0.15) is 6.61 Å². The summed E-state index contributed by atoms with van der Waals surface area (Å²) in [6.45, 7) is 10.3. The summed E-state index contributed by atoms with van der Waals surface area (Å²) in [6.07, 6.45) is 6.64. The third-order valence-corrected chi connectivity index (χ3v) is 6.23. The van der Waals surface area contributed by atoms with E-state index in [1.807, 2.05) is 39.8 Å². The van der Waals surface area contributed by atoms with Gasteiger partial charge in [0.25, 0.3) is 5.91 Å². The number of aliphatic hydroxyl groups is 1. The second-order valence-corrected chi connectivity index (χ2v) is 9.19. The van der Waals surface area contributed by atoms with Crippen LogP contribution in [0, 0.1) is 0 Å². The van der Waals surface area contributed by atoms with Crippen LogP contribution in [0.5, 0.6) is 0 Å². The first-order valence-electron chi connectivity index (χ1n) is 12.0. The van der Waals surface area contributed by atoms with Crippen LogP contribution >= 0.6 is 0 Å². The minimum Gasteiger partial charge on any atom is -0.387 e. The van der Waals surface area contributed by atoms with Crippen LogP contribution in [0.4, 0.5) is 0 Å². The molecular weight excluding hydrogens is 460 g/mol. The van der Waals surface area contributed by atoms with Gasteiger partial charge in [-0.05, 0) is 64.3 Å². The molecule has 192 valence electrons. The standard InChI is InChI=1S/C26H34N6O4/c1-16(2)32-25-22(13-29-32)21(26(36)27-12-18(4)17(3)10-19(5)28-15-34)11-23(30-25)20-6-8-31(9-7-20)24(35)14-33/h6,10-11,13,15-16,33H,7-9,12,14H2,1-5H3,(H,27,36)(H,28,34)/b18-17+,19-10-. The summed E-state index contributed by atoms with van der Waals surface area (Å²) >= 11 is 0. The highest BCUT2D eigenvalue weighted by Gasteiger charge is 2.22. The number of pyridine rings is 1. The van der Waals surface area contributed by atoms with E-state index >= 15 is 0 Å². The lowest BCUT2D eigenvalue weighted by molar-refractivity contribution is -0.133. The van der Waals surface area contributed by atoms with Gasteiger partial charge in [-0.3, -0.25) is 14.4 Å². The van der Waals surface area contributed by atoms with Crippen LogP contribution in [0.15, 0.2) is 41.3 Å². The molecule has 3 amide bonds. The second-order valence-electron chi connectivity index (χ2n) is 9.19. The first kappa shape index (κ1) is 26.8. The normalized spacial score (nSPS) is 15.0. The van der Waals surface area contributed by atoms with Crippen LogP contribution in [0.1, 0.15) is 63.1 Å². The predicted molar refractivity (Wildman–Crippen MR) is 138 cm³/mol. The molecule has 2 aromatic heterocycles. The first-order valence-corrected chi connectivity index (χ1v) is 12.0. The summed E-state index contributed by atoms with van der Waals surface area (Å²) in [5.41, 5.74) is 5.36. The van der Waals surface area contributed by atoms with E-state index in [1.165, 1.54) is 0 Å². The van der Waals surface area contributed by atoms with Crippen LogP contribution in [0.3, 0.4) is 0 Å². The van der Waals surface area contributed by atoms with Gasteiger partial charge in [-0.1, -0.05) is 11.6 Å². The largest absolute Gasteiger partial charge is 0.387 e. The molecule has 2 aromatic rings. The number of fused-ring (bicyclic) bond motifs is 1. The van der Waals surface area contributed by atoms with E-state index in [1.54, 1.807) is 28.8 Å². The summed E-state index contributed by atoms with van der Waals surface area (Å²) in [7, 11) is 0. The van der Waals surface area contributed by atoms with Crippen LogP contribution < -0.4 is 10.6 Å². The number of allylic oxidation sites excluding steroid dienone is 3. The number of hydrogen-bond acceptors (Lipinski definition) is 6. The molecule has 3 rings (SSSR count). The van der Waals surface area contributed by atoms with Crippen molar-refractivity contribution in [1.82, 2.24) is 30.3 Å². The number of aromatic nitrogens is 3. The number of nitrogens with one attached hydrogen (secondary N) is 2. The highest BCUT2D eigenvalue weighted by molar-refractivity contribution is 6.06. The molecule has 0 aromatic carbocycles. The third-order valence-electron chi connectivity index (χ3n) is 6.23. The number of aliphatic hydroxyl groups excluding tert-OH is 1. The quantitative estimate of drug-likeness (QED) is 0.362. The van der Waals surface area contributed by atoms with Gasteiger partial charge < -0.3 is 20.6 Å². The Bertz CT molecular complexity index is 1250. The maximum atomic E-state index is 13.3. The molecule has 0 bridgehead atoms.